The molecule has 0 saturated carbocycles. The molecule has 4 aromatic carbocycles. The number of nitrogens with zero attached hydrogens (tertiary/aromatic N) is 2. The molecule has 57 heavy (non-hydrogen) atoms. The molecule has 0 aromatic heterocycles. The Hall–Kier alpha value is -4.39. The molecule has 300 valence electrons. The second-order valence-corrected chi connectivity index (χ2v) is 24.9. The Morgan fingerprint density at radius 1 is 0.579 bits per heavy atom. The van der Waals surface area contributed by atoms with Gasteiger partial charge in [-0.05, 0) is 108 Å². The third-order valence-electron chi connectivity index (χ3n) is 11.5. The Morgan fingerprint density at radius 2 is 0.947 bits per heavy atom. The van der Waals surface area contributed by atoms with Crippen molar-refractivity contribution in [3.63, 3.8) is 0 Å². The van der Waals surface area contributed by atoms with E-state index in [1.807, 2.05) is 21.9 Å². The van der Waals surface area contributed by atoms with Crippen LogP contribution in [0.2, 0.25) is 26.2 Å². The highest BCUT2D eigenvalue weighted by Gasteiger charge is 2.30. The molecule has 2 aliphatic rings. The number of carbonyl (C=O) groups excluding carboxylic acids is 2. The van der Waals surface area contributed by atoms with Gasteiger partial charge in [0.15, 0.2) is 16.6 Å². The lowest BCUT2D eigenvalue weighted by Crippen LogP contribution is -2.42. The van der Waals surface area contributed by atoms with Crippen LogP contribution in [0.25, 0.3) is 12.2 Å². The molecule has 2 saturated heterocycles. The van der Waals surface area contributed by atoms with Crippen molar-refractivity contribution >= 4 is 40.6 Å². The van der Waals surface area contributed by atoms with Gasteiger partial charge in [0.1, 0.15) is 0 Å². The maximum absolute atomic E-state index is 13.3. The number of hydrogen-bond acceptors (Lipinski definition) is 5. The van der Waals surface area contributed by atoms with Gasteiger partial charge in [0, 0.05) is 39.3 Å². The van der Waals surface area contributed by atoms with Crippen LogP contribution in [0.5, 0.6) is 0 Å². The molecule has 0 aliphatic carbocycles. The fourth-order valence-electron chi connectivity index (χ4n) is 8.40. The van der Waals surface area contributed by atoms with Gasteiger partial charge in [-0.3, -0.25) is 9.59 Å². The number of carbonyl (C=O) groups is 2. The van der Waals surface area contributed by atoms with Crippen LogP contribution in [-0.4, -0.2) is 64.4 Å². The third-order valence-corrected chi connectivity index (χ3v) is 17.7. The molecule has 2 aliphatic heterocycles. The van der Waals surface area contributed by atoms with Crippen molar-refractivity contribution in [3.05, 3.63) is 153 Å². The smallest absolute Gasteiger partial charge is 0.226 e. The lowest BCUT2D eigenvalue weighted by atomic mass is 9.88. The first-order chi connectivity index (χ1) is 27.4. The highest BCUT2D eigenvalue weighted by molar-refractivity contribution is 6.90. The average molecular weight is 799 g/mol. The van der Waals surface area contributed by atoms with E-state index >= 15 is 0 Å². The van der Waals surface area contributed by atoms with Crippen LogP contribution in [0.1, 0.15) is 82.0 Å². The number of amides is 2. The first kappa shape index (κ1) is 42.2. The van der Waals surface area contributed by atoms with Gasteiger partial charge in [0.05, 0.1) is 12.8 Å². The summed E-state index contributed by atoms with van der Waals surface area (Å²) in [6.45, 7) is 13.2. The van der Waals surface area contributed by atoms with Crippen LogP contribution in [0.15, 0.2) is 108 Å². The average Bonchev–Trinajstić information content (AvgIpc) is 3.22. The molecule has 0 bridgehead atoms. The van der Waals surface area contributed by atoms with Crippen LogP contribution in [-0.2, 0) is 39.6 Å². The fraction of sp³-hybridized carbons (Fsp3) is 0.375. The van der Waals surface area contributed by atoms with Crippen molar-refractivity contribution in [2.45, 2.75) is 89.6 Å². The van der Waals surface area contributed by atoms with Crippen molar-refractivity contribution in [1.29, 1.82) is 0 Å². The standard InChI is InChI=1S/C48H62N4O3Si2/c1-56(2,27-21-37-9-5-11-39(29-37)33-47(53)51-23-17-43(18-24-51)45-15-7-13-41(31-45)35-49)55-57(3,4)28-22-38-10-6-12-40(30-38)34-48(54)52-25-19-44(20-26-52)46-16-8-14-42(32-46)36-50/h5-16,21-22,27-32,43-44H,17-20,23-26,33-36,49-50H2,1-4H3. The number of nitrogens with two attached hydrogens (primary N) is 2. The monoisotopic (exact) mass is 798 g/mol. The molecule has 0 atom stereocenters. The number of piperidine rings is 2. The zero-order valence-corrected chi connectivity index (χ0v) is 36.5. The summed E-state index contributed by atoms with van der Waals surface area (Å²) in [5.41, 5.74) is 25.5. The SMILES string of the molecule is C[Si](C)(C=Cc1cccc(CC(=O)N2CCC(c3cccc(CN)c3)CC2)c1)O[Si](C)(C)C=Cc1cccc(CC(=O)N2CCC(c3cccc(CN)c3)CC2)c1. The number of likely N-dealkylation sites (tertiary alicyclic amines) is 2. The molecule has 4 N–H and O–H groups in total. The Balaban J connectivity index is 0.971. The van der Waals surface area contributed by atoms with Gasteiger partial charge in [-0.25, -0.2) is 0 Å². The summed E-state index contributed by atoms with van der Waals surface area (Å²) in [5.74, 6) is 1.35. The number of rotatable bonds is 14. The molecule has 2 fully saturated rings. The second kappa shape index (κ2) is 19.4. The Bertz CT molecular complexity index is 1900. The van der Waals surface area contributed by atoms with E-state index in [4.69, 9.17) is 15.6 Å². The molecule has 2 amide bonds. The van der Waals surface area contributed by atoms with Crippen LogP contribution in [0.3, 0.4) is 0 Å². The van der Waals surface area contributed by atoms with Gasteiger partial charge in [-0.1, -0.05) is 121 Å². The molecular formula is C48H62N4O3Si2. The third kappa shape index (κ3) is 12.3. The van der Waals surface area contributed by atoms with Crippen molar-refractivity contribution < 1.29 is 13.7 Å². The largest absolute Gasteiger partial charge is 0.449 e. The predicted molar refractivity (Wildman–Crippen MR) is 240 cm³/mol. The normalized spacial score (nSPS) is 16.2. The molecule has 0 unspecified atom stereocenters. The van der Waals surface area contributed by atoms with Crippen LogP contribution >= 0.6 is 0 Å². The lowest BCUT2D eigenvalue weighted by Gasteiger charge is -2.32. The summed E-state index contributed by atoms with van der Waals surface area (Å²) < 4.78 is 6.89. The van der Waals surface area contributed by atoms with E-state index in [2.05, 4.69) is 135 Å². The van der Waals surface area contributed by atoms with Crippen molar-refractivity contribution in [2.24, 2.45) is 11.5 Å². The molecule has 7 nitrogen and oxygen atoms in total. The van der Waals surface area contributed by atoms with Crippen LogP contribution < -0.4 is 11.5 Å². The first-order valence-electron chi connectivity index (χ1n) is 20.8. The van der Waals surface area contributed by atoms with E-state index in [0.29, 0.717) is 37.8 Å². The first-order valence-corrected chi connectivity index (χ1v) is 26.8. The lowest BCUT2D eigenvalue weighted by molar-refractivity contribution is -0.132. The fourth-order valence-corrected chi connectivity index (χ4v) is 15.6. The van der Waals surface area contributed by atoms with Crippen molar-refractivity contribution in [2.75, 3.05) is 26.2 Å². The zero-order valence-electron chi connectivity index (χ0n) is 34.5. The van der Waals surface area contributed by atoms with Gasteiger partial charge < -0.3 is 25.4 Å². The molecule has 0 spiro atoms. The summed E-state index contributed by atoms with van der Waals surface area (Å²) >= 11 is 0. The van der Waals surface area contributed by atoms with Crippen molar-refractivity contribution in [3.8, 4) is 0 Å². The molecule has 2 heterocycles. The number of hydrogen-bond donors (Lipinski definition) is 2. The van der Waals surface area contributed by atoms with Crippen LogP contribution in [0, 0.1) is 0 Å². The second-order valence-electron chi connectivity index (χ2n) is 17.0. The van der Waals surface area contributed by atoms with E-state index in [1.165, 1.54) is 11.1 Å². The molecule has 6 rings (SSSR count). The summed E-state index contributed by atoms with van der Waals surface area (Å²) in [6.07, 6.45) is 9.09. The molecule has 0 radical (unpaired) electrons. The summed E-state index contributed by atoms with van der Waals surface area (Å²) in [5, 5.41) is 0. The topological polar surface area (TPSA) is 102 Å². The minimum Gasteiger partial charge on any atom is -0.449 e. The highest BCUT2D eigenvalue weighted by Crippen LogP contribution is 2.30. The van der Waals surface area contributed by atoms with Gasteiger partial charge in [-0.2, -0.15) is 0 Å². The summed E-state index contributed by atoms with van der Waals surface area (Å²) in [6, 6.07) is 33.8. The summed E-state index contributed by atoms with van der Waals surface area (Å²) in [4.78, 5) is 30.7. The van der Waals surface area contributed by atoms with Gasteiger partial charge in [-0.15, -0.1) is 0 Å². The van der Waals surface area contributed by atoms with Crippen LogP contribution in [0.4, 0.5) is 0 Å². The Kier molecular flexibility index (Phi) is 14.4. The van der Waals surface area contributed by atoms with Gasteiger partial charge >= 0.3 is 0 Å². The molecule has 4 aromatic rings. The van der Waals surface area contributed by atoms with E-state index in [0.717, 1.165) is 85.2 Å². The maximum atomic E-state index is 13.3. The molecular weight excluding hydrogens is 737 g/mol. The predicted octanol–water partition coefficient (Wildman–Crippen LogP) is 8.73. The molecule has 9 heteroatoms. The number of benzene rings is 4. The van der Waals surface area contributed by atoms with Gasteiger partial charge in [0.2, 0.25) is 11.8 Å². The highest BCUT2D eigenvalue weighted by atomic mass is 28.4. The maximum Gasteiger partial charge on any atom is 0.226 e. The Morgan fingerprint density at radius 3 is 1.33 bits per heavy atom. The Labute approximate surface area is 343 Å². The minimum absolute atomic E-state index is 0.196. The summed E-state index contributed by atoms with van der Waals surface area (Å²) in [7, 11) is -4.34. The zero-order chi connectivity index (χ0) is 40.4. The quantitative estimate of drug-likeness (QED) is 0.124. The minimum atomic E-state index is -2.17. The van der Waals surface area contributed by atoms with E-state index in [-0.39, 0.29) is 11.8 Å². The van der Waals surface area contributed by atoms with Gasteiger partial charge in [0.25, 0.3) is 0 Å². The van der Waals surface area contributed by atoms with E-state index in [9.17, 15) is 9.59 Å². The van der Waals surface area contributed by atoms with E-state index in [1.54, 1.807) is 0 Å². The van der Waals surface area contributed by atoms with E-state index < -0.39 is 16.6 Å². The van der Waals surface area contributed by atoms with Crippen molar-refractivity contribution in [1.82, 2.24) is 9.80 Å².